The summed E-state index contributed by atoms with van der Waals surface area (Å²) >= 11 is 0. The zero-order valence-electron chi connectivity index (χ0n) is 7.77. The molecule has 3 atom stereocenters. The van der Waals surface area contributed by atoms with Gasteiger partial charge in [-0.25, -0.2) is 4.68 Å². The molecule has 2 aliphatic rings. The molecule has 1 aromatic heterocycles. The van der Waals surface area contributed by atoms with Crippen LogP contribution in [0.3, 0.4) is 0 Å². The van der Waals surface area contributed by atoms with E-state index in [-0.39, 0.29) is 0 Å². The molecule has 4 heteroatoms. The zero-order valence-corrected chi connectivity index (χ0v) is 7.77. The number of fused-ring (bicyclic) bond motifs is 1. The number of nitrogens with zero attached hydrogens (tertiary/aromatic N) is 3. The molecule has 2 heterocycles. The van der Waals surface area contributed by atoms with E-state index in [2.05, 4.69) is 33.4 Å². The van der Waals surface area contributed by atoms with Crippen LogP contribution in [-0.4, -0.2) is 28.1 Å². The lowest BCUT2D eigenvalue weighted by atomic mass is 10.4. The Labute approximate surface area is 77.3 Å². The Hall–Kier alpha value is -0.900. The summed E-state index contributed by atoms with van der Waals surface area (Å²) in [6.45, 7) is 4.44. The Morgan fingerprint density at radius 1 is 1.54 bits per heavy atom. The Bertz CT molecular complexity index is 309. The average molecular weight is 178 g/mol. The number of rotatable bonds is 2. The highest BCUT2D eigenvalue weighted by molar-refractivity contribution is 5.08. The molecule has 1 aliphatic heterocycles. The minimum atomic E-state index is 0.647. The molecule has 70 valence electrons. The number of piperidine rings is 1. The van der Waals surface area contributed by atoms with Gasteiger partial charge in [-0.05, 0) is 6.42 Å². The molecule has 4 nitrogen and oxygen atoms in total. The molecule has 1 saturated carbocycles. The first-order valence-corrected chi connectivity index (χ1v) is 5.01. The van der Waals surface area contributed by atoms with E-state index < -0.39 is 0 Å². The van der Waals surface area contributed by atoms with Crippen LogP contribution in [0.2, 0.25) is 0 Å². The van der Waals surface area contributed by atoms with Gasteiger partial charge < -0.3 is 5.32 Å². The van der Waals surface area contributed by atoms with Crippen molar-refractivity contribution in [3.63, 3.8) is 0 Å². The van der Waals surface area contributed by atoms with Crippen molar-refractivity contribution in [2.45, 2.75) is 19.4 Å². The van der Waals surface area contributed by atoms with Crippen molar-refractivity contribution >= 4 is 0 Å². The van der Waals surface area contributed by atoms with Gasteiger partial charge >= 0.3 is 0 Å². The number of hydrogen-bond acceptors (Lipinski definition) is 3. The first-order chi connectivity index (χ1) is 6.40. The van der Waals surface area contributed by atoms with Crippen molar-refractivity contribution < 1.29 is 0 Å². The summed E-state index contributed by atoms with van der Waals surface area (Å²) in [5, 5.41) is 11.7. The second-order valence-electron chi connectivity index (χ2n) is 4.02. The first-order valence-electron chi connectivity index (χ1n) is 5.01. The molecule has 1 saturated heterocycles. The van der Waals surface area contributed by atoms with Gasteiger partial charge in [0.2, 0.25) is 0 Å². The summed E-state index contributed by atoms with van der Waals surface area (Å²) in [6, 6.07) is 0.647. The minimum absolute atomic E-state index is 0.647. The zero-order chi connectivity index (χ0) is 8.84. The Balaban J connectivity index is 1.79. The third-order valence-electron chi connectivity index (χ3n) is 3.27. The maximum Gasteiger partial charge on any atom is 0.0824 e. The fourth-order valence-electron chi connectivity index (χ4n) is 2.40. The lowest BCUT2D eigenvalue weighted by molar-refractivity contribution is 0.509. The van der Waals surface area contributed by atoms with Crippen molar-refractivity contribution in [1.29, 1.82) is 0 Å². The van der Waals surface area contributed by atoms with E-state index in [1.165, 1.54) is 0 Å². The summed E-state index contributed by atoms with van der Waals surface area (Å²) in [7, 11) is 0. The van der Waals surface area contributed by atoms with Crippen LogP contribution in [0.4, 0.5) is 0 Å². The smallest absolute Gasteiger partial charge is 0.0824 e. The number of hydrogen-bond donors (Lipinski definition) is 1. The highest BCUT2D eigenvalue weighted by Gasteiger charge is 2.54. The van der Waals surface area contributed by atoms with Gasteiger partial charge in [0.05, 0.1) is 11.7 Å². The van der Waals surface area contributed by atoms with Crippen molar-refractivity contribution in [2.24, 2.45) is 11.8 Å². The van der Waals surface area contributed by atoms with Gasteiger partial charge in [0.25, 0.3) is 0 Å². The van der Waals surface area contributed by atoms with Gasteiger partial charge in [-0.2, -0.15) is 0 Å². The highest BCUT2D eigenvalue weighted by Crippen LogP contribution is 2.51. The number of aryl methyl sites for hydroxylation is 1. The van der Waals surface area contributed by atoms with Gasteiger partial charge in [-0.15, -0.1) is 5.10 Å². The molecule has 13 heavy (non-hydrogen) atoms. The fraction of sp³-hybridized carbons (Fsp3) is 0.778. The third kappa shape index (κ3) is 1.01. The summed E-state index contributed by atoms with van der Waals surface area (Å²) < 4.78 is 2.06. The van der Waals surface area contributed by atoms with Gasteiger partial charge in [-0.1, -0.05) is 12.1 Å². The van der Waals surface area contributed by atoms with Crippen molar-refractivity contribution in [1.82, 2.24) is 20.3 Å². The lowest BCUT2D eigenvalue weighted by Gasteiger charge is -2.02. The van der Waals surface area contributed by atoms with E-state index in [1.807, 2.05) is 0 Å². The molecule has 0 bridgehead atoms. The minimum Gasteiger partial charge on any atom is -0.316 e. The van der Waals surface area contributed by atoms with Crippen LogP contribution in [0.15, 0.2) is 6.20 Å². The molecule has 0 spiro atoms. The molecule has 0 aromatic carbocycles. The topological polar surface area (TPSA) is 42.7 Å². The summed E-state index contributed by atoms with van der Waals surface area (Å²) in [5.74, 6) is 1.65. The Morgan fingerprint density at radius 3 is 2.92 bits per heavy atom. The maximum absolute atomic E-state index is 4.17. The normalized spacial score (nSPS) is 36.2. The lowest BCUT2D eigenvalue weighted by Crippen LogP contribution is -2.16. The Morgan fingerprint density at radius 2 is 2.31 bits per heavy atom. The predicted molar refractivity (Wildman–Crippen MR) is 48.3 cm³/mol. The van der Waals surface area contributed by atoms with Crippen LogP contribution in [0.25, 0.3) is 0 Å². The second-order valence-corrected chi connectivity index (χ2v) is 4.02. The molecule has 1 unspecified atom stereocenters. The van der Waals surface area contributed by atoms with Gasteiger partial charge in [0, 0.05) is 31.1 Å². The molecule has 2 fully saturated rings. The van der Waals surface area contributed by atoms with Crippen molar-refractivity contribution in [3.8, 4) is 0 Å². The standard InChI is InChI=1S/C9H14N4/c1-2-6-5-13(12-11-6)9-7-3-10-4-8(7)9/h5,7-10H,2-4H2,1H3/t7-,8+,9?. The van der Waals surface area contributed by atoms with Crippen LogP contribution in [0.1, 0.15) is 18.7 Å². The quantitative estimate of drug-likeness (QED) is 0.705. The van der Waals surface area contributed by atoms with E-state index in [0.717, 1.165) is 37.0 Å². The van der Waals surface area contributed by atoms with Gasteiger partial charge in [0.1, 0.15) is 0 Å². The molecule has 0 radical (unpaired) electrons. The molecule has 1 aromatic rings. The largest absolute Gasteiger partial charge is 0.316 e. The fourth-order valence-corrected chi connectivity index (χ4v) is 2.40. The molecule has 1 N–H and O–H groups in total. The van der Waals surface area contributed by atoms with E-state index in [0.29, 0.717) is 6.04 Å². The molecule has 3 rings (SSSR count). The Kier molecular flexibility index (Phi) is 1.47. The third-order valence-corrected chi connectivity index (χ3v) is 3.27. The first kappa shape index (κ1) is 7.50. The summed E-state index contributed by atoms with van der Waals surface area (Å²) in [6.07, 6.45) is 3.09. The van der Waals surface area contributed by atoms with E-state index >= 15 is 0 Å². The molecule has 1 aliphatic carbocycles. The predicted octanol–water partition coefficient (Wildman–Crippen LogP) is 0.231. The molecular weight excluding hydrogens is 164 g/mol. The van der Waals surface area contributed by atoms with Crippen LogP contribution < -0.4 is 5.32 Å². The van der Waals surface area contributed by atoms with E-state index in [4.69, 9.17) is 0 Å². The van der Waals surface area contributed by atoms with Crippen molar-refractivity contribution in [2.75, 3.05) is 13.1 Å². The van der Waals surface area contributed by atoms with Crippen LogP contribution in [-0.2, 0) is 6.42 Å². The van der Waals surface area contributed by atoms with Crippen LogP contribution in [0.5, 0.6) is 0 Å². The van der Waals surface area contributed by atoms with Gasteiger partial charge in [-0.3, -0.25) is 0 Å². The SMILES string of the molecule is CCc1cn(C2[C@H]3CNC[C@@H]23)nn1. The second kappa shape index (κ2) is 2.54. The van der Waals surface area contributed by atoms with E-state index in [9.17, 15) is 0 Å². The van der Waals surface area contributed by atoms with Gasteiger partial charge in [0.15, 0.2) is 0 Å². The van der Waals surface area contributed by atoms with Crippen LogP contribution >= 0.6 is 0 Å². The number of aromatic nitrogens is 3. The molecular formula is C9H14N4. The number of nitrogens with one attached hydrogen (secondary N) is 1. The van der Waals surface area contributed by atoms with Crippen molar-refractivity contribution in [3.05, 3.63) is 11.9 Å². The molecule has 0 amide bonds. The average Bonchev–Trinajstić information content (AvgIpc) is 2.65. The maximum atomic E-state index is 4.17. The highest BCUT2D eigenvalue weighted by atomic mass is 15.5. The monoisotopic (exact) mass is 178 g/mol. The van der Waals surface area contributed by atoms with Crippen LogP contribution in [0, 0.1) is 11.8 Å². The van der Waals surface area contributed by atoms with E-state index in [1.54, 1.807) is 0 Å². The summed E-state index contributed by atoms with van der Waals surface area (Å²) in [4.78, 5) is 0. The summed E-state index contributed by atoms with van der Waals surface area (Å²) in [5.41, 5.74) is 1.11.